The Hall–Kier alpha value is -1.94. The van der Waals surface area contributed by atoms with Crippen LogP contribution in [0.3, 0.4) is 0 Å². The van der Waals surface area contributed by atoms with Crippen LogP contribution in [0.25, 0.3) is 0 Å². The fraction of sp³-hybridized carbons (Fsp3) is 0.533. The van der Waals surface area contributed by atoms with Crippen molar-refractivity contribution in [3.63, 3.8) is 0 Å². The quantitative estimate of drug-likeness (QED) is 0.739. The molecule has 1 aliphatic rings. The maximum Gasteiger partial charge on any atom is 0.321 e. The predicted octanol–water partition coefficient (Wildman–Crippen LogP) is 2.29. The van der Waals surface area contributed by atoms with Crippen molar-refractivity contribution in [2.24, 2.45) is 0 Å². The lowest BCUT2D eigenvalue weighted by Gasteiger charge is -2.11. The Balaban J connectivity index is 1.40. The van der Waals surface area contributed by atoms with E-state index in [-0.39, 0.29) is 11.8 Å². The van der Waals surface area contributed by atoms with Gasteiger partial charge in [0.2, 0.25) is 11.8 Å². The number of urea groups is 1. The standard InChI is InChI=1S/C15H19N5O3S2/c1-9-16-11(7-24-9)6-13-19-20-15(23-13)25-8-12(21)18-14(22)17-10-4-2-3-5-10/h7,10H,2-6,8H2,1H3,(H2,17,18,21,22). The third-order valence-electron chi connectivity index (χ3n) is 3.72. The van der Waals surface area contributed by atoms with Crippen molar-refractivity contribution < 1.29 is 14.0 Å². The van der Waals surface area contributed by atoms with E-state index in [1.165, 1.54) is 0 Å². The molecule has 0 spiro atoms. The highest BCUT2D eigenvalue weighted by molar-refractivity contribution is 7.99. The van der Waals surface area contributed by atoms with Crippen LogP contribution < -0.4 is 10.6 Å². The number of imide groups is 1. The summed E-state index contributed by atoms with van der Waals surface area (Å²) in [4.78, 5) is 27.9. The Bertz CT molecular complexity index is 739. The summed E-state index contributed by atoms with van der Waals surface area (Å²) in [5.74, 6) is 0.0952. The van der Waals surface area contributed by atoms with E-state index in [0.29, 0.717) is 17.5 Å². The van der Waals surface area contributed by atoms with Gasteiger partial charge in [-0.2, -0.15) is 0 Å². The molecule has 2 aromatic rings. The fourth-order valence-electron chi connectivity index (χ4n) is 2.59. The molecule has 2 heterocycles. The van der Waals surface area contributed by atoms with Gasteiger partial charge in [0.05, 0.1) is 22.9 Å². The number of thiazole rings is 1. The molecule has 134 valence electrons. The van der Waals surface area contributed by atoms with Crippen molar-refractivity contribution in [2.75, 3.05) is 5.75 Å². The maximum atomic E-state index is 11.8. The highest BCUT2D eigenvalue weighted by Gasteiger charge is 2.18. The molecule has 2 aromatic heterocycles. The number of aromatic nitrogens is 3. The number of hydrogen-bond acceptors (Lipinski definition) is 8. The number of hydrogen-bond donors (Lipinski definition) is 2. The van der Waals surface area contributed by atoms with Gasteiger partial charge in [-0.25, -0.2) is 9.78 Å². The molecule has 0 atom stereocenters. The fourth-order valence-corrected chi connectivity index (χ4v) is 3.79. The highest BCUT2D eigenvalue weighted by atomic mass is 32.2. The van der Waals surface area contributed by atoms with E-state index in [1.807, 2.05) is 12.3 Å². The monoisotopic (exact) mass is 381 g/mol. The molecule has 1 fully saturated rings. The minimum atomic E-state index is -0.442. The first kappa shape index (κ1) is 17.9. The second kappa shape index (κ2) is 8.43. The zero-order valence-corrected chi connectivity index (χ0v) is 15.4. The van der Waals surface area contributed by atoms with Crippen LogP contribution in [0.15, 0.2) is 15.0 Å². The largest absolute Gasteiger partial charge is 0.416 e. The number of carbonyl (C=O) groups excluding carboxylic acids is 2. The number of nitrogens with zero attached hydrogens (tertiary/aromatic N) is 3. The van der Waals surface area contributed by atoms with Crippen LogP contribution in [0.2, 0.25) is 0 Å². The van der Waals surface area contributed by atoms with E-state index in [1.54, 1.807) is 11.3 Å². The maximum absolute atomic E-state index is 11.8. The first-order valence-corrected chi connectivity index (χ1v) is 9.91. The minimum absolute atomic E-state index is 0.0372. The SMILES string of the molecule is Cc1nc(Cc2nnc(SCC(=O)NC(=O)NC3CCCC3)o2)cs1. The number of nitrogens with one attached hydrogen (secondary N) is 2. The Morgan fingerprint density at radius 1 is 1.36 bits per heavy atom. The van der Waals surface area contributed by atoms with E-state index >= 15 is 0 Å². The summed E-state index contributed by atoms with van der Waals surface area (Å²) < 4.78 is 5.48. The molecular formula is C15H19N5O3S2. The van der Waals surface area contributed by atoms with E-state index in [9.17, 15) is 9.59 Å². The van der Waals surface area contributed by atoms with Gasteiger partial charge in [0, 0.05) is 11.4 Å². The van der Waals surface area contributed by atoms with E-state index < -0.39 is 11.9 Å². The smallest absolute Gasteiger partial charge is 0.321 e. The lowest BCUT2D eigenvalue weighted by molar-refractivity contribution is -0.117. The Morgan fingerprint density at radius 2 is 2.16 bits per heavy atom. The first-order chi connectivity index (χ1) is 12.1. The van der Waals surface area contributed by atoms with Crippen LogP contribution in [0, 0.1) is 6.92 Å². The molecule has 2 N–H and O–H groups in total. The van der Waals surface area contributed by atoms with Gasteiger partial charge in [-0.3, -0.25) is 10.1 Å². The van der Waals surface area contributed by atoms with Gasteiger partial charge in [0.25, 0.3) is 5.22 Å². The number of aryl methyl sites for hydroxylation is 1. The van der Waals surface area contributed by atoms with Crippen LogP contribution >= 0.6 is 23.1 Å². The molecule has 3 rings (SSSR count). The molecule has 0 radical (unpaired) electrons. The molecule has 1 aliphatic carbocycles. The molecule has 0 aliphatic heterocycles. The summed E-state index contributed by atoms with van der Waals surface area (Å²) in [6.07, 6.45) is 4.65. The summed E-state index contributed by atoms with van der Waals surface area (Å²) in [6.45, 7) is 1.94. The van der Waals surface area contributed by atoms with Gasteiger partial charge in [-0.1, -0.05) is 24.6 Å². The van der Waals surface area contributed by atoms with Crippen molar-refractivity contribution in [1.82, 2.24) is 25.8 Å². The molecule has 0 bridgehead atoms. The summed E-state index contributed by atoms with van der Waals surface area (Å²) in [7, 11) is 0. The molecule has 8 nitrogen and oxygen atoms in total. The summed E-state index contributed by atoms with van der Waals surface area (Å²) in [5.41, 5.74) is 0.879. The summed E-state index contributed by atoms with van der Waals surface area (Å²) in [6, 6.07) is -0.268. The Labute approximate surface area is 153 Å². The topological polar surface area (TPSA) is 110 Å². The van der Waals surface area contributed by atoms with Crippen molar-refractivity contribution in [2.45, 2.75) is 50.3 Å². The molecule has 25 heavy (non-hydrogen) atoms. The Kier molecular flexibility index (Phi) is 6.03. The van der Waals surface area contributed by atoms with Crippen LogP contribution in [0.1, 0.15) is 42.3 Å². The number of rotatable bonds is 6. The van der Waals surface area contributed by atoms with Gasteiger partial charge in [0.1, 0.15) is 0 Å². The van der Waals surface area contributed by atoms with Gasteiger partial charge >= 0.3 is 6.03 Å². The van der Waals surface area contributed by atoms with E-state index in [2.05, 4.69) is 25.8 Å². The summed E-state index contributed by atoms with van der Waals surface area (Å²) >= 11 is 2.66. The van der Waals surface area contributed by atoms with Crippen molar-refractivity contribution in [3.8, 4) is 0 Å². The van der Waals surface area contributed by atoms with Gasteiger partial charge in [-0.05, 0) is 19.8 Å². The second-order valence-corrected chi connectivity index (χ2v) is 7.78. The molecule has 3 amide bonds. The van der Waals surface area contributed by atoms with E-state index in [4.69, 9.17) is 4.42 Å². The number of amides is 3. The molecule has 0 unspecified atom stereocenters. The average molecular weight is 381 g/mol. The normalized spacial score (nSPS) is 14.6. The van der Waals surface area contributed by atoms with Crippen LogP contribution in [-0.4, -0.2) is 38.9 Å². The van der Waals surface area contributed by atoms with Gasteiger partial charge in [-0.15, -0.1) is 21.5 Å². The van der Waals surface area contributed by atoms with Crippen LogP contribution in [-0.2, 0) is 11.2 Å². The van der Waals surface area contributed by atoms with Crippen molar-refractivity contribution in [3.05, 3.63) is 22.0 Å². The highest BCUT2D eigenvalue weighted by Crippen LogP contribution is 2.19. The molecular weight excluding hydrogens is 362 g/mol. The molecule has 1 saturated carbocycles. The molecule has 10 heteroatoms. The predicted molar refractivity (Wildman–Crippen MR) is 93.6 cm³/mol. The van der Waals surface area contributed by atoms with Gasteiger partial charge < -0.3 is 9.73 Å². The number of carbonyl (C=O) groups is 2. The minimum Gasteiger partial charge on any atom is -0.416 e. The molecule has 0 saturated heterocycles. The Morgan fingerprint density at radius 3 is 2.88 bits per heavy atom. The second-order valence-electron chi connectivity index (χ2n) is 5.79. The van der Waals surface area contributed by atoms with Gasteiger partial charge in [0.15, 0.2) is 0 Å². The lowest BCUT2D eigenvalue weighted by atomic mass is 10.2. The zero-order chi connectivity index (χ0) is 17.6. The summed E-state index contributed by atoms with van der Waals surface area (Å²) in [5, 5.41) is 16.2. The van der Waals surface area contributed by atoms with Crippen LogP contribution in [0.5, 0.6) is 0 Å². The van der Waals surface area contributed by atoms with Crippen LogP contribution in [0.4, 0.5) is 4.79 Å². The number of thioether (sulfide) groups is 1. The van der Waals surface area contributed by atoms with E-state index in [0.717, 1.165) is 48.1 Å². The third-order valence-corrected chi connectivity index (χ3v) is 5.36. The zero-order valence-electron chi connectivity index (χ0n) is 13.8. The van der Waals surface area contributed by atoms with Crippen molar-refractivity contribution >= 4 is 35.0 Å². The molecule has 0 aromatic carbocycles. The lowest BCUT2D eigenvalue weighted by Crippen LogP contribution is -2.44. The average Bonchev–Trinajstić information content (AvgIpc) is 3.29. The van der Waals surface area contributed by atoms with Crippen molar-refractivity contribution in [1.29, 1.82) is 0 Å². The third kappa shape index (κ3) is 5.53. The first-order valence-electron chi connectivity index (χ1n) is 8.05.